The minimum absolute atomic E-state index is 0. The normalized spacial score (nSPS) is 33.2. The molecule has 2 bridgehead atoms. The third-order valence-electron chi connectivity index (χ3n) is 6.24. The Balaban J connectivity index is 0.00000169. The average molecular weight is 369 g/mol. The third kappa shape index (κ3) is 3.18. The van der Waals surface area contributed by atoms with Crippen LogP contribution in [0.4, 0.5) is 0 Å². The highest BCUT2D eigenvalue weighted by Gasteiger charge is 2.53. The van der Waals surface area contributed by atoms with Gasteiger partial charge in [0.1, 0.15) is 0 Å². The van der Waals surface area contributed by atoms with E-state index in [-0.39, 0.29) is 23.7 Å². The fraction of sp³-hybridized carbons (Fsp3) is 0.632. The van der Waals surface area contributed by atoms with Crippen LogP contribution in [0.5, 0.6) is 0 Å². The van der Waals surface area contributed by atoms with E-state index in [4.69, 9.17) is 17.3 Å². The van der Waals surface area contributed by atoms with Gasteiger partial charge in [-0.05, 0) is 68.1 Å². The quantitative estimate of drug-likeness (QED) is 0.851. The number of hydrogen-bond donors (Lipinski definition) is 2. The summed E-state index contributed by atoms with van der Waals surface area (Å²) < 4.78 is 0. The van der Waals surface area contributed by atoms with Gasteiger partial charge in [-0.15, -0.1) is 12.4 Å². The molecule has 0 aliphatic heterocycles. The number of fused-ring (bicyclic) bond motifs is 2. The van der Waals surface area contributed by atoms with Gasteiger partial charge in [0, 0.05) is 17.1 Å². The fourth-order valence-corrected chi connectivity index (χ4v) is 5.06. The molecule has 0 heterocycles. The van der Waals surface area contributed by atoms with Gasteiger partial charge in [-0.3, -0.25) is 4.79 Å². The summed E-state index contributed by atoms with van der Waals surface area (Å²) in [5.74, 6) is 1.34. The third-order valence-corrected chi connectivity index (χ3v) is 6.47. The van der Waals surface area contributed by atoms with Gasteiger partial charge in [-0.25, -0.2) is 0 Å². The molecule has 0 saturated heterocycles. The molecule has 132 valence electrons. The number of benzene rings is 1. The molecule has 1 aromatic carbocycles. The van der Waals surface area contributed by atoms with Gasteiger partial charge in [-0.2, -0.15) is 0 Å². The number of rotatable bonds is 3. The summed E-state index contributed by atoms with van der Waals surface area (Å²) in [5.41, 5.74) is 6.93. The van der Waals surface area contributed by atoms with Crippen molar-refractivity contribution in [2.45, 2.75) is 62.4 Å². The SMILES string of the molecule is Cl.NC1CC2CCCC(C1)C2NC(=O)C1(c2cccc(Cl)c2)CC1. The number of carbonyl (C=O) groups is 1. The van der Waals surface area contributed by atoms with Crippen LogP contribution in [0.25, 0.3) is 0 Å². The Morgan fingerprint density at radius 1 is 1.21 bits per heavy atom. The summed E-state index contributed by atoms with van der Waals surface area (Å²) in [4.78, 5) is 13.0. The van der Waals surface area contributed by atoms with Gasteiger partial charge in [0.15, 0.2) is 0 Å². The zero-order chi connectivity index (χ0) is 16.0. The molecule has 0 radical (unpaired) electrons. The molecule has 3 fully saturated rings. The van der Waals surface area contributed by atoms with Crippen molar-refractivity contribution in [2.24, 2.45) is 17.6 Å². The fourth-order valence-electron chi connectivity index (χ4n) is 4.87. The molecule has 2 atom stereocenters. The lowest BCUT2D eigenvalue weighted by Gasteiger charge is -2.45. The summed E-state index contributed by atoms with van der Waals surface area (Å²) >= 11 is 6.12. The van der Waals surface area contributed by atoms with Crippen molar-refractivity contribution in [1.29, 1.82) is 0 Å². The molecule has 4 rings (SSSR count). The van der Waals surface area contributed by atoms with Crippen LogP contribution in [-0.4, -0.2) is 18.0 Å². The smallest absolute Gasteiger partial charge is 0.230 e. The first-order valence-electron chi connectivity index (χ1n) is 8.91. The van der Waals surface area contributed by atoms with Crippen LogP contribution in [0.3, 0.4) is 0 Å². The molecule has 1 amide bonds. The Morgan fingerprint density at radius 2 is 1.88 bits per heavy atom. The van der Waals surface area contributed by atoms with Crippen molar-refractivity contribution >= 4 is 29.9 Å². The molecule has 1 aromatic rings. The van der Waals surface area contributed by atoms with Gasteiger partial charge in [-0.1, -0.05) is 30.2 Å². The lowest BCUT2D eigenvalue weighted by molar-refractivity contribution is -0.126. The van der Waals surface area contributed by atoms with Crippen molar-refractivity contribution in [3.05, 3.63) is 34.9 Å². The summed E-state index contributed by atoms with van der Waals surface area (Å²) in [6.07, 6.45) is 7.69. The molecule has 3 nitrogen and oxygen atoms in total. The second-order valence-corrected chi connectivity index (χ2v) is 8.21. The maximum Gasteiger partial charge on any atom is 0.230 e. The Kier molecular flexibility index (Phi) is 5.15. The van der Waals surface area contributed by atoms with Crippen LogP contribution < -0.4 is 11.1 Å². The molecule has 0 spiro atoms. The van der Waals surface area contributed by atoms with Crippen molar-refractivity contribution in [1.82, 2.24) is 5.32 Å². The Labute approximate surface area is 155 Å². The largest absolute Gasteiger partial charge is 0.352 e. The first-order valence-corrected chi connectivity index (χ1v) is 9.29. The Bertz CT molecular complexity index is 603. The van der Waals surface area contributed by atoms with Gasteiger partial charge in [0.2, 0.25) is 5.91 Å². The molecule has 2 unspecified atom stereocenters. The highest BCUT2D eigenvalue weighted by atomic mass is 35.5. The number of carbonyl (C=O) groups excluding carboxylic acids is 1. The van der Waals surface area contributed by atoms with Crippen LogP contribution in [-0.2, 0) is 10.2 Å². The topological polar surface area (TPSA) is 55.1 Å². The molecular weight excluding hydrogens is 343 g/mol. The molecule has 3 aliphatic carbocycles. The van der Waals surface area contributed by atoms with Crippen molar-refractivity contribution < 1.29 is 4.79 Å². The molecule has 5 heteroatoms. The van der Waals surface area contributed by atoms with Crippen LogP contribution in [0.2, 0.25) is 5.02 Å². The van der Waals surface area contributed by atoms with Crippen molar-refractivity contribution in [3.63, 3.8) is 0 Å². The second kappa shape index (κ2) is 6.86. The van der Waals surface area contributed by atoms with Crippen LogP contribution in [0.1, 0.15) is 50.5 Å². The van der Waals surface area contributed by atoms with Crippen LogP contribution in [0, 0.1) is 11.8 Å². The molecule has 24 heavy (non-hydrogen) atoms. The lowest BCUT2D eigenvalue weighted by Crippen LogP contribution is -2.55. The van der Waals surface area contributed by atoms with Gasteiger partial charge < -0.3 is 11.1 Å². The summed E-state index contributed by atoms with van der Waals surface area (Å²) in [6.45, 7) is 0. The highest BCUT2D eigenvalue weighted by Crippen LogP contribution is 2.49. The maximum atomic E-state index is 13.0. The monoisotopic (exact) mass is 368 g/mol. The van der Waals surface area contributed by atoms with Crippen LogP contribution >= 0.6 is 24.0 Å². The molecule has 3 aliphatic rings. The Morgan fingerprint density at radius 3 is 2.46 bits per heavy atom. The van der Waals surface area contributed by atoms with E-state index < -0.39 is 0 Å². The standard InChI is InChI=1S/C19H25ClN2O.ClH/c20-15-6-2-5-14(11-15)19(7-8-19)18(23)22-17-12-3-1-4-13(17)10-16(21)9-12;/h2,5-6,11-13,16-17H,1,3-4,7-10,21H2,(H,22,23);1H. The lowest BCUT2D eigenvalue weighted by atomic mass is 9.67. The minimum Gasteiger partial charge on any atom is -0.352 e. The van der Waals surface area contributed by atoms with E-state index in [1.807, 2.05) is 24.3 Å². The van der Waals surface area contributed by atoms with E-state index in [1.165, 1.54) is 19.3 Å². The molecule has 3 saturated carbocycles. The number of nitrogens with two attached hydrogens (primary N) is 1. The first-order chi connectivity index (χ1) is 11.1. The molecule has 0 aromatic heterocycles. The van der Waals surface area contributed by atoms with E-state index >= 15 is 0 Å². The minimum atomic E-state index is -0.335. The zero-order valence-electron chi connectivity index (χ0n) is 13.8. The number of nitrogens with one attached hydrogen (secondary N) is 1. The maximum absolute atomic E-state index is 13.0. The number of amides is 1. The van der Waals surface area contributed by atoms with Crippen molar-refractivity contribution in [3.8, 4) is 0 Å². The van der Waals surface area contributed by atoms with Gasteiger partial charge >= 0.3 is 0 Å². The van der Waals surface area contributed by atoms with Gasteiger partial charge in [0.25, 0.3) is 0 Å². The Hall–Kier alpha value is -0.770. The van der Waals surface area contributed by atoms with E-state index in [0.717, 1.165) is 31.2 Å². The first kappa shape index (κ1) is 18.0. The summed E-state index contributed by atoms with van der Waals surface area (Å²) in [5, 5.41) is 4.13. The van der Waals surface area contributed by atoms with E-state index in [1.54, 1.807) is 0 Å². The van der Waals surface area contributed by atoms with E-state index in [9.17, 15) is 4.79 Å². The number of halogens is 2. The second-order valence-electron chi connectivity index (χ2n) is 7.77. The predicted molar refractivity (Wildman–Crippen MR) is 99.6 cm³/mol. The van der Waals surface area contributed by atoms with E-state index in [2.05, 4.69) is 5.32 Å². The number of hydrogen-bond acceptors (Lipinski definition) is 2. The summed E-state index contributed by atoms with van der Waals surface area (Å²) in [7, 11) is 0. The molecular formula is C19H26Cl2N2O. The molecule has 3 N–H and O–H groups in total. The van der Waals surface area contributed by atoms with E-state index in [0.29, 0.717) is 28.9 Å². The zero-order valence-corrected chi connectivity index (χ0v) is 15.4. The highest BCUT2D eigenvalue weighted by molar-refractivity contribution is 6.30. The van der Waals surface area contributed by atoms with Gasteiger partial charge in [0.05, 0.1) is 5.41 Å². The van der Waals surface area contributed by atoms with Crippen LogP contribution in [0.15, 0.2) is 24.3 Å². The summed E-state index contributed by atoms with van der Waals surface area (Å²) in [6, 6.07) is 8.45. The predicted octanol–water partition coefficient (Wildman–Crippen LogP) is 3.82. The van der Waals surface area contributed by atoms with Crippen molar-refractivity contribution in [2.75, 3.05) is 0 Å². The average Bonchev–Trinajstić information content (AvgIpc) is 3.30.